The lowest BCUT2D eigenvalue weighted by Gasteiger charge is -1.73. The van der Waals surface area contributed by atoms with Gasteiger partial charge in [-0.3, -0.25) is 0 Å². The number of nitrogens with zero attached hydrogens (tertiary/aromatic N) is 2. The Morgan fingerprint density at radius 2 is 2.75 bits per heavy atom. The quantitative estimate of drug-likeness (QED) is 0.504. The van der Waals surface area contributed by atoms with Crippen molar-refractivity contribution < 1.29 is 4.42 Å². The van der Waals surface area contributed by atoms with E-state index in [9.17, 15) is 0 Å². The van der Waals surface area contributed by atoms with Gasteiger partial charge in [-0.05, 0) is 0 Å². The summed E-state index contributed by atoms with van der Waals surface area (Å²) < 4.78 is 4.75. The van der Waals surface area contributed by atoms with Crippen LogP contribution in [0, 0.1) is 6.57 Å². The molecular formula is C5H4N2O. The summed E-state index contributed by atoms with van der Waals surface area (Å²) >= 11 is 0. The molecule has 0 radical (unpaired) electrons. The van der Waals surface area contributed by atoms with Crippen molar-refractivity contribution in [3.8, 4) is 0 Å². The van der Waals surface area contributed by atoms with E-state index in [1.165, 1.54) is 12.6 Å². The normalized spacial score (nSPS) is 8.38. The van der Waals surface area contributed by atoms with Crippen molar-refractivity contribution in [2.75, 3.05) is 0 Å². The molecule has 0 fully saturated rings. The molecule has 3 nitrogen and oxygen atoms in total. The minimum absolute atomic E-state index is 0.292. The van der Waals surface area contributed by atoms with Gasteiger partial charge in [0.2, 0.25) is 5.76 Å². The second-order valence-corrected chi connectivity index (χ2v) is 1.28. The van der Waals surface area contributed by atoms with Crippen LogP contribution in [0.2, 0.25) is 0 Å². The molecule has 1 aromatic rings. The third-order valence-corrected chi connectivity index (χ3v) is 0.718. The monoisotopic (exact) mass is 108 g/mol. The van der Waals surface area contributed by atoms with Gasteiger partial charge in [-0.15, -0.1) is 0 Å². The summed E-state index contributed by atoms with van der Waals surface area (Å²) in [4.78, 5) is 6.73. The Kier molecular flexibility index (Phi) is 1.29. The summed E-state index contributed by atoms with van der Waals surface area (Å²) in [6.45, 7) is 6.71. The molecule has 0 saturated heterocycles. The smallest absolute Gasteiger partial charge is 0.273 e. The van der Waals surface area contributed by atoms with E-state index in [1.54, 1.807) is 0 Å². The summed E-state index contributed by atoms with van der Waals surface area (Å²) in [5.74, 6) is 0.625. The summed E-state index contributed by atoms with van der Waals surface area (Å²) in [5.41, 5.74) is 0. The lowest BCUT2D eigenvalue weighted by atomic mass is 10.5. The second-order valence-electron chi connectivity index (χ2n) is 1.28. The average molecular weight is 108 g/mol. The standard InChI is InChI=1S/C5H4N2O/c1-6-2-5-3-7-4-8-5/h3-4H,2H2. The van der Waals surface area contributed by atoms with Crippen molar-refractivity contribution in [2.24, 2.45) is 0 Å². The van der Waals surface area contributed by atoms with Crippen LogP contribution in [-0.4, -0.2) is 4.98 Å². The maximum absolute atomic E-state index is 6.42. The van der Waals surface area contributed by atoms with E-state index in [0.717, 1.165) is 0 Å². The summed E-state index contributed by atoms with van der Waals surface area (Å²) in [7, 11) is 0. The zero-order valence-corrected chi connectivity index (χ0v) is 4.16. The Morgan fingerprint density at radius 1 is 1.88 bits per heavy atom. The first-order chi connectivity index (χ1) is 3.93. The molecule has 1 heterocycles. The Morgan fingerprint density at radius 3 is 3.25 bits per heavy atom. The molecule has 0 bridgehead atoms. The van der Waals surface area contributed by atoms with E-state index in [1.807, 2.05) is 0 Å². The van der Waals surface area contributed by atoms with E-state index in [0.29, 0.717) is 12.3 Å². The van der Waals surface area contributed by atoms with Crippen LogP contribution in [0.15, 0.2) is 17.0 Å². The van der Waals surface area contributed by atoms with Gasteiger partial charge in [0.05, 0.1) is 6.20 Å². The van der Waals surface area contributed by atoms with Crippen molar-refractivity contribution in [3.05, 3.63) is 29.8 Å². The highest BCUT2D eigenvalue weighted by Gasteiger charge is 1.94. The molecule has 0 N–H and O–H groups in total. The second kappa shape index (κ2) is 2.12. The first-order valence-electron chi connectivity index (χ1n) is 2.14. The first kappa shape index (κ1) is 4.85. The Labute approximate surface area is 46.8 Å². The third-order valence-electron chi connectivity index (χ3n) is 0.718. The van der Waals surface area contributed by atoms with Crippen LogP contribution in [0.1, 0.15) is 5.76 Å². The Bertz CT molecular complexity index is 185. The molecule has 0 aliphatic carbocycles. The molecule has 0 aliphatic rings. The molecule has 0 atom stereocenters. The Balaban J connectivity index is 2.67. The number of hydrogen-bond donors (Lipinski definition) is 0. The molecule has 0 saturated carbocycles. The molecule has 0 unspecified atom stereocenters. The van der Waals surface area contributed by atoms with Crippen molar-refractivity contribution in [1.82, 2.24) is 4.98 Å². The van der Waals surface area contributed by atoms with Crippen LogP contribution in [0.4, 0.5) is 0 Å². The summed E-state index contributed by atoms with van der Waals surface area (Å²) in [6.07, 6.45) is 2.86. The van der Waals surface area contributed by atoms with Crippen LogP contribution in [0.5, 0.6) is 0 Å². The highest BCUT2D eigenvalue weighted by atomic mass is 16.3. The lowest BCUT2D eigenvalue weighted by Crippen LogP contribution is -1.67. The minimum atomic E-state index is 0.292. The van der Waals surface area contributed by atoms with Gasteiger partial charge in [0.15, 0.2) is 6.39 Å². The fourth-order valence-electron chi connectivity index (χ4n) is 0.398. The third kappa shape index (κ3) is 0.850. The molecule has 1 rings (SSSR count). The maximum atomic E-state index is 6.42. The van der Waals surface area contributed by atoms with Gasteiger partial charge in [0.25, 0.3) is 6.54 Å². The minimum Gasteiger partial charge on any atom is -0.441 e. The topological polar surface area (TPSA) is 30.4 Å². The van der Waals surface area contributed by atoms with Gasteiger partial charge in [-0.25, -0.2) is 11.6 Å². The summed E-state index contributed by atoms with van der Waals surface area (Å²) in [6, 6.07) is 0. The van der Waals surface area contributed by atoms with Crippen LogP contribution in [0.25, 0.3) is 4.85 Å². The fraction of sp³-hybridized carbons (Fsp3) is 0.200. The number of rotatable bonds is 1. The van der Waals surface area contributed by atoms with Gasteiger partial charge in [-0.2, -0.15) is 0 Å². The van der Waals surface area contributed by atoms with Crippen molar-refractivity contribution in [2.45, 2.75) is 6.54 Å². The lowest BCUT2D eigenvalue weighted by molar-refractivity contribution is 0.516. The molecule has 3 heteroatoms. The number of oxazole rings is 1. The maximum Gasteiger partial charge on any atom is 0.273 e. The van der Waals surface area contributed by atoms with Crippen molar-refractivity contribution in [3.63, 3.8) is 0 Å². The van der Waals surface area contributed by atoms with Gasteiger partial charge in [0, 0.05) is 0 Å². The molecule has 0 aliphatic heterocycles. The van der Waals surface area contributed by atoms with E-state index < -0.39 is 0 Å². The van der Waals surface area contributed by atoms with Gasteiger partial charge in [0.1, 0.15) is 0 Å². The molecule has 1 aromatic heterocycles. The Hall–Kier alpha value is -1.30. The first-order valence-corrected chi connectivity index (χ1v) is 2.14. The van der Waals surface area contributed by atoms with Crippen molar-refractivity contribution in [1.29, 1.82) is 0 Å². The van der Waals surface area contributed by atoms with Gasteiger partial charge >= 0.3 is 0 Å². The zero-order chi connectivity index (χ0) is 5.82. The number of hydrogen-bond acceptors (Lipinski definition) is 2. The van der Waals surface area contributed by atoms with Gasteiger partial charge < -0.3 is 9.26 Å². The van der Waals surface area contributed by atoms with Crippen LogP contribution >= 0.6 is 0 Å². The van der Waals surface area contributed by atoms with Gasteiger partial charge in [-0.1, -0.05) is 0 Å². The van der Waals surface area contributed by atoms with E-state index in [-0.39, 0.29) is 0 Å². The molecule has 8 heavy (non-hydrogen) atoms. The number of aromatic nitrogens is 1. The van der Waals surface area contributed by atoms with Crippen LogP contribution in [-0.2, 0) is 6.54 Å². The predicted molar refractivity (Wildman–Crippen MR) is 26.8 cm³/mol. The zero-order valence-electron chi connectivity index (χ0n) is 4.16. The van der Waals surface area contributed by atoms with Crippen molar-refractivity contribution >= 4 is 0 Å². The largest absolute Gasteiger partial charge is 0.441 e. The molecular weight excluding hydrogens is 104 g/mol. The molecule has 0 amide bonds. The van der Waals surface area contributed by atoms with E-state index in [2.05, 4.69) is 9.83 Å². The van der Waals surface area contributed by atoms with Crippen LogP contribution < -0.4 is 0 Å². The summed E-state index contributed by atoms with van der Waals surface area (Å²) in [5, 5.41) is 0. The molecule has 40 valence electrons. The average Bonchev–Trinajstić information content (AvgIpc) is 2.19. The highest BCUT2D eigenvalue weighted by molar-refractivity contribution is 4.90. The highest BCUT2D eigenvalue weighted by Crippen LogP contribution is 1.96. The van der Waals surface area contributed by atoms with E-state index in [4.69, 9.17) is 11.0 Å². The fourth-order valence-corrected chi connectivity index (χ4v) is 0.398. The van der Waals surface area contributed by atoms with Crippen LogP contribution in [0.3, 0.4) is 0 Å². The molecule has 0 aromatic carbocycles. The predicted octanol–water partition coefficient (Wildman–Crippen LogP) is 1.09. The molecule has 0 spiro atoms. The SMILES string of the molecule is [C-]#[N+]Cc1cnco1. The van der Waals surface area contributed by atoms with E-state index >= 15 is 0 Å².